The van der Waals surface area contributed by atoms with Gasteiger partial charge in [-0.2, -0.15) is 0 Å². The molecule has 6 nitrogen and oxygen atoms in total. The Hall–Kier alpha value is -2.02. The standard InChI is InChI=1S/C20H27ClN4O2/c21-19-6-2-1-4-17(19)16-24-20(22-8-7-18-5-3-13-27-18)23-9-10-25-11-14-26-15-12-25/h1-6,13H,7-12,14-16H2,(H2,22,23,24). The molecule has 0 bridgehead atoms. The van der Waals surface area contributed by atoms with Gasteiger partial charge in [-0.15, -0.1) is 0 Å². The van der Waals surface area contributed by atoms with Gasteiger partial charge in [0.1, 0.15) is 5.76 Å². The molecule has 0 spiro atoms. The molecule has 2 heterocycles. The summed E-state index contributed by atoms with van der Waals surface area (Å²) in [5.74, 6) is 1.75. The number of hydrogen-bond acceptors (Lipinski definition) is 4. The van der Waals surface area contributed by atoms with Crippen molar-refractivity contribution in [2.24, 2.45) is 4.99 Å². The smallest absolute Gasteiger partial charge is 0.191 e. The van der Waals surface area contributed by atoms with Gasteiger partial charge in [0.2, 0.25) is 0 Å². The van der Waals surface area contributed by atoms with Crippen molar-refractivity contribution in [3.05, 3.63) is 59.0 Å². The van der Waals surface area contributed by atoms with E-state index in [1.165, 1.54) is 0 Å². The van der Waals surface area contributed by atoms with Crippen LogP contribution in [0.4, 0.5) is 0 Å². The largest absolute Gasteiger partial charge is 0.469 e. The van der Waals surface area contributed by atoms with E-state index in [0.717, 1.165) is 74.7 Å². The second kappa shape index (κ2) is 11.0. The summed E-state index contributed by atoms with van der Waals surface area (Å²) in [6.45, 7) is 6.68. The lowest BCUT2D eigenvalue weighted by atomic mass is 10.2. The summed E-state index contributed by atoms with van der Waals surface area (Å²) in [5, 5.41) is 7.54. The second-order valence-electron chi connectivity index (χ2n) is 6.39. The minimum Gasteiger partial charge on any atom is -0.469 e. The summed E-state index contributed by atoms with van der Waals surface area (Å²) in [4.78, 5) is 7.09. The number of halogens is 1. The van der Waals surface area contributed by atoms with Crippen molar-refractivity contribution >= 4 is 17.6 Å². The number of nitrogens with zero attached hydrogens (tertiary/aromatic N) is 2. The number of aliphatic imine (C=N–C) groups is 1. The lowest BCUT2D eigenvalue weighted by Crippen LogP contribution is -2.44. The lowest BCUT2D eigenvalue weighted by Gasteiger charge is -2.26. The quantitative estimate of drug-likeness (QED) is 0.535. The highest BCUT2D eigenvalue weighted by molar-refractivity contribution is 6.31. The van der Waals surface area contributed by atoms with Crippen molar-refractivity contribution < 1.29 is 9.15 Å². The minimum absolute atomic E-state index is 0.535. The highest BCUT2D eigenvalue weighted by atomic mass is 35.5. The summed E-state index contributed by atoms with van der Waals surface area (Å²) < 4.78 is 10.8. The van der Waals surface area contributed by atoms with Crippen LogP contribution in [0.5, 0.6) is 0 Å². The summed E-state index contributed by atoms with van der Waals surface area (Å²) in [7, 11) is 0. The number of nitrogens with one attached hydrogen (secondary N) is 2. The lowest BCUT2D eigenvalue weighted by molar-refractivity contribution is 0.0389. The zero-order valence-corrected chi connectivity index (χ0v) is 16.3. The van der Waals surface area contributed by atoms with Crippen LogP contribution in [0, 0.1) is 0 Å². The number of benzene rings is 1. The van der Waals surface area contributed by atoms with E-state index < -0.39 is 0 Å². The van der Waals surface area contributed by atoms with Gasteiger partial charge in [-0.25, -0.2) is 4.99 Å². The van der Waals surface area contributed by atoms with Crippen molar-refractivity contribution in [3.63, 3.8) is 0 Å². The van der Waals surface area contributed by atoms with E-state index >= 15 is 0 Å². The van der Waals surface area contributed by atoms with Crippen molar-refractivity contribution in [1.82, 2.24) is 15.5 Å². The molecule has 0 amide bonds. The Bertz CT molecular complexity index is 700. The molecule has 3 rings (SSSR count). The average Bonchev–Trinajstić information content (AvgIpc) is 3.21. The van der Waals surface area contributed by atoms with Crippen LogP contribution in [-0.2, 0) is 17.7 Å². The molecule has 1 fully saturated rings. The van der Waals surface area contributed by atoms with Crippen LogP contribution in [-0.4, -0.2) is 56.8 Å². The molecule has 1 aliphatic rings. The Morgan fingerprint density at radius 1 is 1.07 bits per heavy atom. The number of ether oxygens (including phenoxy) is 1. The normalized spacial score (nSPS) is 15.7. The zero-order chi connectivity index (χ0) is 18.7. The Labute approximate surface area is 165 Å². The Morgan fingerprint density at radius 3 is 2.67 bits per heavy atom. The Morgan fingerprint density at radius 2 is 1.89 bits per heavy atom. The first kappa shape index (κ1) is 19.7. The second-order valence-corrected chi connectivity index (χ2v) is 6.80. The predicted molar refractivity (Wildman–Crippen MR) is 108 cm³/mol. The third kappa shape index (κ3) is 6.90. The first-order valence-corrected chi connectivity index (χ1v) is 9.77. The molecule has 1 saturated heterocycles. The molecule has 0 atom stereocenters. The molecular formula is C20H27ClN4O2. The summed E-state index contributed by atoms with van der Waals surface area (Å²) in [6.07, 6.45) is 2.51. The topological polar surface area (TPSA) is 62.0 Å². The third-order valence-electron chi connectivity index (χ3n) is 4.43. The van der Waals surface area contributed by atoms with Crippen LogP contribution in [0.1, 0.15) is 11.3 Å². The average molecular weight is 391 g/mol. The van der Waals surface area contributed by atoms with E-state index in [2.05, 4.69) is 15.5 Å². The molecule has 7 heteroatoms. The van der Waals surface area contributed by atoms with Gasteiger partial charge >= 0.3 is 0 Å². The van der Waals surface area contributed by atoms with Crippen LogP contribution in [0.3, 0.4) is 0 Å². The zero-order valence-electron chi connectivity index (χ0n) is 15.5. The van der Waals surface area contributed by atoms with Crippen molar-refractivity contribution in [3.8, 4) is 0 Å². The number of hydrogen-bond donors (Lipinski definition) is 2. The molecule has 0 unspecified atom stereocenters. The van der Waals surface area contributed by atoms with Crippen LogP contribution < -0.4 is 10.6 Å². The highest BCUT2D eigenvalue weighted by Gasteiger charge is 2.10. The van der Waals surface area contributed by atoms with Crippen molar-refractivity contribution in [2.75, 3.05) is 45.9 Å². The molecule has 1 aromatic carbocycles. The van der Waals surface area contributed by atoms with Crippen molar-refractivity contribution in [2.45, 2.75) is 13.0 Å². The molecule has 0 radical (unpaired) electrons. The maximum atomic E-state index is 6.24. The van der Waals surface area contributed by atoms with Gasteiger partial charge in [-0.05, 0) is 23.8 Å². The van der Waals surface area contributed by atoms with E-state index in [4.69, 9.17) is 25.7 Å². The van der Waals surface area contributed by atoms with Crippen LogP contribution in [0.25, 0.3) is 0 Å². The predicted octanol–water partition coefficient (Wildman–Crippen LogP) is 2.54. The van der Waals surface area contributed by atoms with Crippen molar-refractivity contribution in [1.29, 1.82) is 0 Å². The van der Waals surface area contributed by atoms with Gasteiger partial charge in [0.25, 0.3) is 0 Å². The van der Waals surface area contributed by atoms with Gasteiger partial charge in [0.05, 0.1) is 26.0 Å². The fourth-order valence-corrected chi connectivity index (χ4v) is 3.08. The van der Waals surface area contributed by atoms with E-state index in [-0.39, 0.29) is 0 Å². The summed E-state index contributed by atoms with van der Waals surface area (Å²) in [5.41, 5.74) is 1.01. The maximum Gasteiger partial charge on any atom is 0.191 e. The molecule has 27 heavy (non-hydrogen) atoms. The van der Waals surface area contributed by atoms with E-state index in [0.29, 0.717) is 6.54 Å². The minimum atomic E-state index is 0.535. The molecule has 2 aromatic rings. The molecule has 2 N–H and O–H groups in total. The molecule has 1 aliphatic heterocycles. The number of morpholine rings is 1. The summed E-state index contributed by atoms with van der Waals surface area (Å²) in [6, 6.07) is 11.7. The van der Waals surface area contributed by atoms with Crippen LogP contribution in [0.2, 0.25) is 5.02 Å². The SMILES string of the molecule is Clc1ccccc1CN=C(NCCc1ccco1)NCCN1CCOCC1. The molecule has 0 aliphatic carbocycles. The van der Waals surface area contributed by atoms with Gasteiger partial charge in [0, 0.05) is 44.2 Å². The number of guanidine groups is 1. The van der Waals surface area contributed by atoms with Gasteiger partial charge < -0.3 is 19.8 Å². The third-order valence-corrected chi connectivity index (χ3v) is 4.80. The van der Waals surface area contributed by atoms with Crippen LogP contribution in [0.15, 0.2) is 52.1 Å². The summed E-state index contributed by atoms with van der Waals surface area (Å²) >= 11 is 6.24. The fourth-order valence-electron chi connectivity index (χ4n) is 2.88. The van der Waals surface area contributed by atoms with Gasteiger partial charge in [-0.1, -0.05) is 29.8 Å². The molecule has 1 aromatic heterocycles. The number of furan rings is 1. The van der Waals surface area contributed by atoms with Crippen LogP contribution >= 0.6 is 11.6 Å². The van der Waals surface area contributed by atoms with Gasteiger partial charge in [0.15, 0.2) is 5.96 Å². The highest BCUT2D eigenvalue weighted by Crippen LogP contribution is 2.15. The maximum absolute atomic E-state index is 6.24. The molecule has 0 saturated carbocycles. The first-order chi connectivity index (χ1) is 13.3. The molecular weight excluding hydrogens is 364 g/mol. The van der Waals surface area contributed by atoms with Gasteiger partial charge in [-0.3, -0.25) is 4.90 Å². The monoisotopic (exact) mass is 390 g/mol. The number of rotatable bonds is 8. The first-order valence-electron chi connectivity index (χ1n) is 9.39. The Kier molecular flexibility index (Phi) is 8.02. The van der Waals surface area contributed by atoms with E-state index in [1.54, 1.807) is 6.26 Å². The fraction of sp³-hybridized carbons (Fsp3) is 0.450. The molecule has 146 valence electrons. The Balaban J connectivity index is 1.51. The van der Waals surface area contributed by atoms with E-state index in [1.807, 2.05) is 36.4 Å². The van der Waals surface area contributed by atoms with E-state index in [9.17, 15) is 0 Å².